The molecule has 0 aliphatic carbocycles. The van der Waals surface area contributed by atoms with E-state index in [1.165, 1.54) is 12.4 Å². The van der Waals surface area contributed by atoms with Crippen LogP contribution in [0.15, 0.2) is 48.8 Å². The maximum atomic E-state index is 14.5. The van der Waals surface area contributed by atoms with Gasteiger partial charge in [0.1, 0.15) is 41.0 Å². The molecule has 8 rings (SSSR count). The van der Waals surface area contributed by atoms with Crippen LogP contribution in [0.2, 0.25) is 0 Å². The zero-order valence-electron chi connectivity index (χ0n) is 37.3. The minimum Gasteiger partial charge on any atom is -0.444 e. The summed E-state index contributed by atoms with van der Waals surface area (Å²) in [6.45, 7) is 7.63. The number of nitrogens with one attached hydrogen (secondary N) is 1. The molecule has 2 aromatic heterocycles. The smallest absolute Gasteiger partial charge is 0.407 e. The van der Waals surface area contributed by atoms with Crippen LogP contribution in [-0.4, -0.2) is 107 Å². The normalized spacial score (nSPS) is 22.8. The molecule has 68 heavy (non-hydrogen) atoms. The number of alkyl carbamates (subject to hydrolysis) is 1. The van der Waals surface area contributed by atoms with Crippen LogP contribution in [0.5, 0.6) is 0 Å². The van der Waals surface area contributed by atoms with Gasteiger partial charge in [0.2, 0.25) is 0 Å². The van der Waals surface area contributed by atoms with Gasteiger partial charge in [-0.25, -0.2) is 39.2 Å². The Morgan fingerprint density at radius 1 is 0.779 bits per heavy atom. The van der Waals surface area contributed by atoms with Gasteiger partial charge in [-0.15, -0.1) is 0 Å². The van der Waals surface area contributed by atoms with E-state index in [2.05, 4.69) is 98.0 Å². The zero-order valence-corrected chi connectivity index (χ0v) is 49.0. The van der Waals surface area contributed by atoms with E-state index in [9.17, 15) is 39.2 Å². The number of alkyl halides is 3. The van der Waals surface area contributed by atoms with Gasteiger partial charge in [0.05, 0.1) is 43.2 Å². The molecule has 4 aliphatic rings. The molecule has 2 fully saturated rings. The van der Waals surface area contributed by atoms with Crippen LogP contribution in [-0.2, 0) is 79.0 Å². The largest absolute Gasteiger partial charge is 0.444 e. The number of nitrogens with two attached hydrogens (primary N) is 1. The summed E-state index contributed by atoms with van der Waals surface area (Å²) >= 11 is 8.85. The Labute approximate surface area is 460 Å². The van der Waals surface area contributed by atoms with Crippen molar-refractivity contribution in [3.63, 3.8) is 0 Å². The van der Waals surface area contributed by atoms with Gasteiger partial charge in [-0.1, -0.05) is 67.8 Å². The molecule has 6 atom stereocenters. The van der Waals surface area contributed by atoms with E-state index >= 15 is 0 Å². The fourth-order valence-electron chi connectivity index (χ4n) is 8.02. The Hall–Kier alpha value is -0.946. The van der Waals surface area contributed by atoms with Crippen LogP contribution >= 0.6 is 90.4 Å². The van der Waals surface area contributed by atoms with Gasteiger partial charge in [0.25, 0.3) is 20.0 Å². The Morgan fingerprint density at radius 3 is 1.59 bits per heavy atom. The summed E-state index contributed by atoms with van der Waals surface area (Å²) in [5.74, 6) is -2.30. The van der Waals surface area contributed by atoms with Crippen molar-refractivity contribution in [3.05, 3.63) is 111 Å². The molecule has 16 nitrogen and oxygen atoms in total. The average Bonchev–Trinajstić information content (AvgIpc) is 4.01. The quantitative estimate of drug-likeness (QED) is 0.0795. The van der Waals surface area contributed by atoms with Crippen molar-refractivity contribution in [2.24, 2.45) is 5.73 Å². The molecular weight excluding hydrogens is 1430 g/mol. The number of ether oxygens (including phenoxy) is 3. The van der Waals surface area contributed by atoms with Gasteiger partial charge in [-0.05, 0) is 70.0 Å². The van der Waals surface area contributed by atoms with Gasteiger partial charge >= 0.3 is 6.09 Å². The van der Waals surface area contributed by atoms with Crippen LogP contribution in [0.25, 0.3) is 0 Å². The van der Waals surface area contributed by atoms with E-state index in [-0.39, 0.29) is 48.4 Å². The molecule has 2 aromatic carbocycles. The first-order valence-corrected chi connectivity index (χ1v) is 29.3. The fraction of sp³-hybridized carbons (Fsp3) is 0.512. The molecule has 377 valence electrons. The number of hydrogen-bond acceptors (Lipinski definition) is 13. The van der Waals surface area contributed by atoms with Crippen molar-refractivity contribution < 1.29 is 72.0 Å². The van der Waals surface area contributed by atoms with Crippen molar-refractivity contribution in [3.8, 4) is 0 Å². The first-order chi connectivity index (χ1) is 31.2. The van der Waals surface area contributed by atoms with Crippen molar-refractivity contribution in [2.45, 2.75) is 102 Å². The number of aromatic nitrogens is 4. The first kappa shape index (κ1) is 59.6. The standard InChI is InChI=1S/C22H28F2N4O5S.C17H20F2N4O3S.CHI3.CH2I.V/c1-22(2,3)33-21(29)25-18-8-15(12-32-20(18)16-7-14(23)5-6-17(16)24)27-9-13-10-28(34(4,30)31)26-19(13)11-27;1-27(24,25)23-7-10-6-22(8-16(10)21-23)12-5-15(20)17(26-9-12)13-4-11(18)2-3-14(13)19;2-1(3)4;1-2;/h5-7,10,15,18,20H,8-9,11-12H2,1-4H3,(H,25,29);2-4,7,12,15,17H,5-6,8-9,20H2,1H3;1H;1H2;/q;;;-1;/t15-,18+,20?;12-,15+,17?;;;/m11.../s1. The summed E-state index contributed by atoms with van der Waals surface area (Å²) in [6, 6.07) is 5.05. The number of carbonyl (C=O) groups is 1. The van der Waals surface area contributed by atoms with E-state index < -0.39 is 79.3 Å². The number of halogens is 8. The van der Waals surface area contributed by atoms with Gasteiger partial charge in [-0.2, -0.15) is 18.4 Å². The SMILES string of the molecule is CC(C)(C)OC(=O)N[C@H]1C[C@@H](N2Cc3cn(S(C)(=O)=O)nc3C2)COC1c1cc(F)ccc1F.CS(=O)(=O)n1cc2c(n1)CN([C@H]1COC(c3cc(F)ccc3F)[C@@H](N)C1)C2.IC(I)I.[CH2-]I.[V]. The van der Waals surface area contributed by atoms with E-state index in [1.54, 1.807) is 20.8 Å². The third-order valence-corrected chi connectivity index (χ3v) is 12.6. The molecule has 1 amide bonds. The Morgan fingerprint density at radius 2 is 1.19 bits per heavy atom. The predicted molar refractivity (Wildman–Crippen MR) is 277 cm³/mol. The van der Waals surface area contributed by atoms with Crippen molar-refractivity contribution in [2.75, 3.05) is 25.7 Å². The number of hydrogen-bond donors (Lipinski definition) is 2. The monoisotopic (exact) mass is 1480 g/mol. The molecule has 2 unspecified atom stereocenters. The maximum absolute atomic E-state index is 14.5. The predicted octanol–water partition coefficient (Wildman–Crippen LogP) is 7.64. The third-order valence-electron chi connectivity index (χ3n) is 10.9. The second kappa shape index (κ2) is 25.3. The minimum atomic E-state index is -3.47. The molecule has 0 saturated carbocycles. The summed E-state index contributed by atoms with van der Waals surface area (Å²) < 4.78 is 122. The van der Waals surface area contributed by atoms with E-state index in [4.69, 9.17) is 19.9 Å². The van der Waals surface area contributed by atoms with Gasteiger partial charge in [0, 0.05) is 97.5 Å². The van der Waals surface area contributed by atoms with Crippen molar-refractivity contribution in [1.29, 1.82) is 0 Å². The number of nitrogens with zero attached hydrogens (tertiary/aromatic N) is 6. The molecule has 0 bridgehead atoms. The van der Waals surface area contributed by atoms with Crippen LogP contribution < -0.4 is 11.1 Å². The molecule has 27 heteroatoms. The Bertz CT molecular complexity index is 2550. The second-order valence-corrected chi connectivity index (χ2v) is 31.6. The number of amides is 1. The van der Waals surface area contributed by atoms with E-state index in [0.29, 0.717) is 57.0 Å². The fourth-order valence-corrected chi connectivity index (χ4v) is 9.15. The van der Waals surface area contributed by atoms with E-state index in [1.807, 2.05) is 22.6 Å². The van der Waals surface area contributed by atoms with Crippen molar-refractivity contribution in [1.82, 2.24) is 33.5 Å². The van der Waals surface area contributed by atoms with Gasteiger partial charge in [-0.3, -0.25) is 14.7 Å². The molecule has 0 spiro atoms. The summed E-state index contributed by atoms with van der Waals surface area (Å²) in [5, 5.41) is 11.1. The molecule has 1 radical (unpaired) electrons. The average molecular weight is 1480 g/mol. The second-order valence-electron chi connectivity index (χ2n) is 17.1. The molecule has 4 aliphatic heterocycles. The Kier molecular flexibility index (Phi) is 22.2. The zero-order chi connectivity index (χ0) is 49.8. The molecular formula is C41H51F4I4N8O8S2V-. The van der Waals surface area contributed by atoms with Gasteiger partial charge in [0.15, 0.2) is 0 Å². The maximum Gasteiger partial charge on any atom is 0.407 e. The topological polar surface area (TPSA) is 193 Å². The minimum absolute atomic E-state index is 0. The van der Waals surface area contributed by atoms with Crippen LogP contribution in [0, 0.1) is 28.2 Å². The molecule has 4 aromatic rings. The van der Waals surface area contributed by atoms with Crippen LogP contribution in [0.4, 0.5) is 22.4 Å². The van der Waals surface area contributed by atoms with Gasteiger partial charge < -0.3 is 47.9 Å². The van der Waals surface area contributed by atoms with Crippen molar-refractivity contribution >= 4 is 117 Å². The van der Waals surface area contributed by atoms with Crippen LogP contribution in [0.1, 0.15) is 79.5 Å². The molecule has 2 saturated heterocycles. The number of carbonyl (C=O) groups excluding carboxylic acids is 1. The third kappa shape index (κ3) is 16.3. The summed E-state index contributed by atoms with van der Waals surface area (Å²) in [4.78, 5) is 19.9. The summed E-state index contributed by atoms with van der Waals surface area (Å²) in [5.41, 5.74) is 8.65. The number of benzene rings is 2. The summed E-state index contributed by atoms with van der Waals surface area (Å²) in [6.07, 6.45) is 3.86. The Balaban J connectivity index is 0.000000267. The van der Waals surface area contributed by atoms with E-state index in [0.717, 1.165) is 68.1 Å². The molecule has 3 N–H and O–H groups in total. The number of fused-ring (bicyclic) bond motifs is 2. The first-order valence-electron chi connectivity index (χ1n) is 20.4. The summed E-state index contributed by atoms with van der Waals surface area (Å²) in [7, 11) is -6.87. The number of rotatable bonds is 7. The molecule has 6 heterocycles. The van der Waals surface area contributed by atoms with Crippen LogP contribution in [0.3, 0.4) is 0 Å².